The smallest absolute Gasteiger partial charge is 0.137 e. The molecule has 4 heteroatoms. The van der Waals surface area contributed by atoms with Crippen molar-refractivity contribution in [2.75, 3.05) is 6.61 Å². The maximum Gasteiger partial charge on any atom is 0.137 e. The van der Waals surface area contributed by atoms with Crippen molar-refractivity contribution in [3.63, 3.8) is 0 Å². The van der Waals surface area contributed by atoms with Crippen molar-refractivity contribution in [2.45, 2.75) is 31.9 Å². The molecule has 1 fully saturated rings. The van der Waals surface area contributed by atoms with E-state index in [4.69, 9.17) is 22.1 Å². The Balaban J connectivity index is 2.04. The van der Waals surface area contributed by atoms with Gasteiger partial charge in [-0.25, -0.2) is 0 Å². The first-order chi connectivity index (χ1) is 8.11. The Labute approximate surface area is 107 Å². The van der Waals surface area contributed by atoms with Crippen LogP contribution in [0.4, 0.5) is 0 Å². The van der Waals surface area contributed by atoms with Gasteiger partial charge in [0.2, 0.25) is 0 Å². The second-order valence-electron chi connectivity index (χ2n) is 4.66. The van der Waals surface area contributed by atoms with Crippen LogP contribution < -0.4 is 10.5 Å². The van der Waals surface area contributed by atoms with Crippen LogP contribution in [0.25, 0.3) is 0 Å². The number of rotatable bonds is 5. The topological polar surface area (TPSA) is 55.5 Å². The SMILES string of the molecule is Cc1cc(OC(CO)C(N)C2CC2)ccc1Cl. The highest BCUT2D eigenvalue weighted by Gasteiger charge is 2.34. The number of ether oxygens (including phenoxy) is 1. The van der Waals surface area contributed by atoms with Gasteiger partial charge in [-0.3, -0.25) is 0 Å². The van der Waals surface area contributed by atoms with Gasteiger partial charge >= 0.3 is 0 Å². The Bertz CT molecular complexity index is 393. The molecule has 1 aliphatic carbocycles. The van der Waals surface area contributed by atoms with Crippen LogP contribution in [0.2, 0.25) is 5.02 Å². The Kier molecular flexibility index (Phi) is 3.92. The fourth-order valence-electron chi connectivity index (χ4n) is 1.89. The van der Waals surface area contributed by atoms with E-state index in [0.717, 1.165) is 18.4 Å². The molecule has 1 aliphatic rings. The van der Waals surface area contributed by atoms with Crippen LogP contribution in [0.3, 0.4) is 0 Å². The first-order valence-electron chi connectivity index (χ1n) is 5.91. The minimum Gasteiger partial charge on any atom is -0.486 e. The summed E-state index contributed by atoms with van der Waals surface area (Å²) in [6.07, 6.45) is 1.95. The minimum absolute atomic E-state index is 0.0562. The summed E-state index contributed by atoms with van der Waals surface area (Å²) >= 11 is 5.94. The number of nitrogens with two attached hydrogens (primary N) is 1. The maximum absolute atomic E-state index is 9.33. The van der Waals surface area contributed by atoms with Gasteiger partial charge in [0, 0.05) is 11.1 Å². The van der Waals surface area contributed by atoms with Gasteiger partial charge in [-0.15, -0.1) is 0 Å². The van der Waals surface area contributed by atoms with Gasteiger partial charge < -0.3 is 15.6 Å². The Morgan fingerprint density at radius 1 is 1.53 bits per heavy atom. The molecule has 1 saturated carbocycles. The molecule has 3 N–H and O–H groups in total. The minimum atomic E-state index is -0.330. The molecular formula is C13H18ClNO2. The summed E-state index contributed by atoms with van der Waals surface area (Å²) in [4.78, 5) is 0. The van der Waals surface area contributed by atoms with E-state index in [9.17, 15) is 5.11 Å². The predicted octanol–water partition coefficient (Wildman–Crippen LogP) is 2.13. The average Bonchev–Trinajstić information content (AvgIpc) is 3.13. The number of halogens is 1. The second-order valence-corrected chi connectivity index (χ2v) is 5.07. The Hall–Kier alpha value is -0.770. The molecule has 0 aliphatic heterocycles. The van der Waals surface area contributed by atoms with E-state index in [2.05, 4.69) is 0 Å². The van der Waals surface area contributed by atoms with Crippen LogP contribution >= 0.6 is 11.6 Å². The van der Waals surface area contributed by atoms with Gasteiger partial charge in [-0.1, -0.05) is 11.6 Å². The van der Waals surface area contributed by atoms with Gasteiger partial charge in [-0.2, -0.15) is 0 Å². The van der Waals surface area contributed by atoms with Crippen molar-refractivity contribution in [1.29, 1.82) is 0 Å². The molecule has 0 heterocycles. The zero-order valence-electron chi connectivity index (χ0n) is 9.90. The number of aryl methyl sites for hydroxylation is 1. The molecule has 0 aromatic heterocycles. The summed E-state index contributed by atoms with van der Waals surface area (Å²) in [5.74, 6) is 1.21. The lowest BCUT2D eigenvalue weighted by Gasteiger charge is -2.23. The molecule has 17 heavy (non-hydrogen) atoms. The van der Waals surface area contributed by atoms with Gasteiger partial charge in [-0.05, 0) is 49.4 Å². The molecule has 0 saturated heterocycles. The maximum atomic E-state index is 9.33. The highest BCUT2D eigenvalue weighted by Crippen LogP contribution is 2.34. The highest BCUT2D eigenvalue weighted by molar-refractivity contribution is 6.31. The quantitative estimate of drug-likeness (QED) is 0.848. The first kappa shape index (κ1) is 12.7. The van der Waals surface area contributed by atoms with E-state index >= 15 is 0 Å². The van der Waals surface area contributed by atoms with Crippen LogP contribution in [0.1, 0.15) is 18.4 Å². The molecule has 2 rings (SSSR count). The zero-order chi connectivity index (χ0) is 12.4. The molecule has 2 atom stereocenters. The number of aliphatic hydroxyl groups is 1. The first-order valence-corrected chi connectivity index (χ1v) is 6.29. The van der Waals surface area contributed by atoms with E-state index < -0.39 is 0 Å². The molecule has 2 unspecified atom stereocenters. The van der Waals surface area contributed by atoms with Crippen molar-refractivity contribution < 1.29 is 9.84 Å². The molecule has 1 aromatic rings. The third kappa shape index (κ3) is 3.12. The van der Waals surface area contributed by atoms with Gasteiger partial charge in [0.05, 0.1) is 6.61 Å². The Morgan fingerprint density at radius 3 is 2.76 bits per heavy atom. The van der Waals surface area contributed by atoms with Crippen molar-refractivity contribution in [3.05, 3.63) is 28.8 Å². The van der Waals surface area contributed by atoms with Crippen molar-refractivity contribution in [3.8, 4) is 5.75 Å². The molecule has 1 aromatic carbocycles. The van der Waals surface area contributed by atoms with Crippen LogP contribution in [0.15, 0.2) is 18.2 Å². The summed E-state index contributed by atoms with van der Waals surface area (Å²) in [7, 11) is 0. The fraction of sp³-hybridized carbons (Fsp3) is 0.538. The molecule has 94 valence electrons. The summed E-state index contributed by atoms with van der Waals surface area (Å²) in [6.45, 7) is 1.86. The molecule has 0 amide bonds. The second kappa shape index (κ2) is 5.25. The number of benzene rings is 1. The molecule has 3 nitrogen and oxygen atoms in total. The van der Waals surface area contributed by atoms with Crippen LogP contribution in [0, 0.1) is 12.8 Å². The van der Waals surface area contributed by atoms with E-state index in [1.54, 1.807) is 12.1 Å². The number of hydrogen-bond donors (Lipinski definition) is 2. The van der Waals surface area contributed by atoms with E-state index in [1.807, 2.05) is 13.0 Å². The fourth-order valence-corrected chi connectivity index (χ4v) is 2.01. The highest BCUT2D eigenvalue weighted by atomic mass is 35.5. The lowest BCUT2D eigenvalue weighted by Crippen LogP contribution is -2.43. The summed E-state index contributed by atoms with van der Waals surface area (Å²) in [5, 5.41) is 10.0. The van der Waals surface area contributed by atoms with Crippen LogP contribution in [0.5, 0.6) is 5.75 Å². The van der Waals surface area contributed by atoms with E-state index in [0.29, 0.717) is 16.7 Å². The van der Waals surface area contributed by atoms with Crippen molar-refractivity contribution >= 4 is 11.6 Å². The van der Waals surface area contributed by atoms with Crippen molar-refractivity contribution in [1.82, 2.24) is 0 Å². The standard InChI is InChI=1S/C13H18ClNO2/c1-8-6-10(4-5-11(8)14)17-12(7-16)13(15)9-2-3-9/h4-6,9,12-13,16H,2-3,7,15H2,1H3. The third-order valence-corrected chi connectivity index (χ3v) is 3.62. The number of aliphatic hydroxyl groups excluding tert-OH is 1. The van der Waals surface area contributed by atoms with E-state index in [-0.39, 0.29) is 18.8 Å². The molecule has 0 radical (unpaired) electrons. The monoisotopic (exact) mass is 255 g/mol. The van der Waals surface area contributed by atoms with Gasteiger partial charge in [0.15, 0.2) is 0 Å². The number of hydrogen-bond acceptors (Lipinski definition) is 3. The summed E-state index contributed by atoms with van der Waals surface area (Å²) in [6, 6.07) is 5.38. The van der Waals surface area contributed by atoms with Gasteiger partial charge in [0.1, 0.15) is 11.9 Å². The lowest BCUT2D eigenvalue weighted by molar-refractivity contribution is 0.0882. The zero-order valence-corrected chi connectivity index (χ0v) is 10.7. The van der Waals surface area contributed by atoms with Crippen LogP contribution in [-0.4, -0.2) is 23.9 Å². The normalized spacial score (nSPS) is 18.8. The van der Waals surface area contributed by atoms with Crippen molar-refractivity contribution in [2.24, 2.45) is 11.7 Å². The van der Waals surface area contributed by atoms with Gasteiger partial charge in [0.25, 0.3) is 0 Å². The largest absolute Gasteiger partial charge is 0.486 e. The Morgan fingerprint density at radius 2 is 2.24 bits per heavy atom. The molecule has 0 spiro atoms. The third-order valence-electron chi connectivity index (χ3n) is 3.19. The predicted molar refractivity (Wildman–Crippen MR) is 68.4 cm³/mol. The summed E-state index contributed by atoms with van der Waals surface area (Å²) in [5.41, 5.74) is 7.00. The summed E-state index contributed by atoms with van der Waals surface area (Å²) < 4.78 is 5.73. The average molecular weight is 256 g/mol. The van der Waals surface area contributed by atoms with E-state index in [1.165, 1.54) is 0 Å². The van der Waals surface area contributed by atoms with Crippen LogP contribution in [-0.2, 0) is 0 Å². The molecule has 0 bridgehead atoms. The lowest BCUT2D eigenvalue weighted by atomic mass is 10.1. The molecular weight excluding hydrogens is 238 g/mol.